The van der Waals surface area contributed by atoms with Gasteiger partial charge in [0.05, 0.1) is 0 Å². The quantitative estimate of drug-likeness (QED) is 0.215. The molecule has 0 amide bonds. The zero-order valence-corrected chi connectivity index (χ0v) is 24.1. The van der Waals surface area contributed by atoms with Crippen LogP contribution in [0.2, 0.25) is 0 Å². The second kappa shape index (κ2) is 12.0. The van der Waals surface area contributed by atoms with Crippen molar-refractivity contribution in [1.82, 2.24) is 0 Å². The molecule has 0 unspecified atom stereocenters. The zero-order valence-electron chi connectivity index (χ0n) is 24.1. The van der Waals surface area contributed by atoms with Crippen LogP contribution in [-0.2, 0) is 0 Å². The van der Waals surface area contributed by atoms with Gasteiger partial charge in [-0.2, -0.15) is 0 Å². The maximum absolute atomic E-state index is 12.7. The highest BCUT2D eigenvalue weighted by atomic mass is 16.3. The molecule has 0 aromatic heterocycles. The molecule has 0 saturated heterocycles. The van der Waals surface area contributed by atoms with E-state index in [4.69, 9.17) is 0 Å². The third kappa shape index (κ3) is 5.59. The standard InChI is InChI=1S/C21H16O.C21H14O/c2*22-21(19-11-9-15-5-1-3-7-17(15)13-19)20-12-10-16-6-2-4-8-18(16)14-20/h1-14,21-22H;1-14H. The van der Waals surface area contributed by atoms with Crippen molar-refractivity contribution in [2.75, 3.05) is 0 Å². The molecule has 0 atom stereocenters. The molecule has 0 bridgehead atoms. The van der Waals surface area contributed by atoms with Gasteiger partial charge in [-0.15, -0.1) is 0 Å². The Morgan fingerprint density at radius 3 is 1.02 bits per heavy atom. The van der Waals surface area contributed by atoms with E-state index in [1.807, 2.05) is 109 Å². The number of hydrogen-bond acceptors (Lipinski definition) is 2. The van der Waals surface area contributed by atoms with E-state index < -0.39 is 6.10 Å². The fraction of sp³-hybridized carbons (Fsp3) is 0.0238. The van der Waals surface area contributed by atoms with E-state index in [9.17, 15) is 9.90 Å². The fourth-order valence-corrected chi connectivity index (χ4v) is 5.78. The van der Waals surface area contributed by atoms with Gasteiger partial charge in [0.1, 0.15) is 6.10 Å². The number of aliphatic hydroxyl groups excluding tert-OH is 1. The van der Waals surface area contributed by atoms with Crippen molar-refractivity contribution in [1.29, 1.82) is 0 Å². The second-order valence-electron chi connectivity index (χ2n) is 11.1. The summed E-state index contributed by atoms with van der Waals surface area (Å²) in [6, 6.07) is 56.6. The number of carbonyl (C=O) groups excluding carboxylic acids is 1. The van der Waals surface area contributed by atoms with Crippen LogP contribution in [0.5, 0.6) is 0 Å². The van der Waals surface area contributed by atoms with Crippen molar-refractivity contribution < 1.29 is 9.90 Å². The Morgan fingerprint density at radius 2 is 0.659 bits per heavy atom. The normalized spacial score (nSPS) is 11.1. The van der Waals surface area contributed by atoms with Crippen LogP contribution >= 0.6 is 0 Å². The van der Waals surface area contributed by atoms with Gasteiger partial charge in [0, 0.05) is 11.1 Å². The fourth-order valence-electron chi connectivity index (χ4n) is 5.78. The molecule has 210 valence electrons. The number of ketones is 1. The predicted molar refractivity (Wildman–Crippen MR) is 183 cm³/mol. The number of aliphatic hydroxyl groups is 1. The van der Waals surface area contributed by atoms with Crippen LogP contribution in [0.1, 0.15) is 33.2 Å². The van der Waals surface area contributed by atoms with Crippen LogP contribution in [0.4, 0.5) is 0 Å². The van der Waals surface area contributed by atoms with Gasteiger partial charge in [-0.1, -0.05) is 146 Å². The summed E-state index contributed by atoms with van der Waals surface area (Å²) in [4.78, 5) is 12.7. The average Bonchev–Trinajstić information content (AvgIpc) is 3.10. The lowest BCUT2D eigenvalue weighted by Gasteiger charge is -2.13. The van der Waals surface area contributed by atoms with Gasteiger partial charge >= 0.3 is 0 Å². The van der Waals surface area contributed by atoms with Crippen LogP contribution in [0, 0.1) is 0 Å². The Kier molecular flexibility index (Phi) is 7.42. The molecule has 0 spiro atoms. The highest BCUT2D eigenvalue weighted by molar-refractivity contribution is 6.12. The highest BCUT2D eigenvalue weighted by Crippen LogP contribution is 2.28. The summed E-state index contributed by atoms with van der Waals surface area (Å²) in [5.41, 5.74) is 3.31. The highest BCUT2D eigenvalue weighted by Gasteiger charge is 2.12. The van der Waals surface area contributed by atoms with Crippen LogP contribution < -0.4 is 0 Å². The summed E-state index contributed by atoms with van der Waals surface area (Å²) in [5.74, 6) is 0.0662. The van der Waals surface area contributed by atoms with Crippen molar-refractivity contribution in [3.8, 4) is 0 Å². The maximum Gasteiger partial charge on any atom is 0.193 e. The summed E-state index contributed by atoms with van der Waals surface area (Å²) >= 11 is 0. The van der Waals surface area contributed by atoms with E-state index in [-0.39, 0.29) is 5.78 Å². The summed E-state index contributed by atoms with van der Waals surface area (Å²) in [5, 5.41) is 19.9. The Hall–Kier alpha value is -5.57. The molecule has 8 aromatic rings. The lowest BCUT2D eigenvalue weighted by atomic mass is 9.97. The molecule has 2 nitrogen and oxygen atoms in total. The zero-order chi connectivity index (χ0) is 29.9. The van der Waals surface area contributed by atoms with E-state index in [2.05, 4.69) is 60.7 Å². The largest absolute Gasteiger partial charge is 0.384 e. The molecule has 0 aliphatic heterocycles. The van der Waals surface area contributed by atoms with E-state index in [1.54, 1.807) is 0 Å². The molecule has 0 aliphatic rings. The first-order valence-corrected chi connectivity index (χ1v) is 14.8. The van der Waals surface area contributed by atoms with Gasteiger partial charge in [0.15, 0.2) is 5.78 Å². The van der Waals surface area contributed by atoms with Crippen LogP contribution in [0.15, 0.2) is 170 Å². The summed E-state index contributed by atoms with van der Waals surface area (Å²) < 4.78 is 0. The number of carbonyl (C=O) groups is 1. The van der Waals surface area contributed by atoms with Crippen molar-refractivity contribution in [3.05, 3.63) is 192 Å². The first-order chi connectivity index (χ1) is 21.6. The van der Waals surface area contributed by atoms with Gasteiger partial charge < -0.3 is 5.11 Å². The molecule has 0 aliphatic carbocycles. The third-order valence-corrected chi connectivity index (χ3v) is 8.20. The maximum atomic E-state index is 12.7. The van der Waals surface area contributed by atoms with Crippen molar-refractivity contribution >= 4 is 48.9 Å². The van der Waals surface area contributed by atoms with Gasteiger partial charge in [0.2, 0.25) is 0 Å². The number of rotatable bonds is 4. The van der Waals surface area contributed by atoms with Crippen LogP contribution in [0.25, 0.3) is 43.1 Å². The Bertz CT molecular complexity index is 2120. The van der Waals surface area contributed by atoms with Gasteiger partial charge in [-0.3, -0.25) is 4.79 Å². The molecule has 2 heteroatoms. The third-order valence-electron chi connectivity index (χ3n) is 8.20. The summed E-state index contributed by atoms with van der Waals surface area (Å²) in [6.45, 7) is 0. The molecule has 8 rings (SSSR count). The number of benzene rings is 8. The van der Waals surface area contributed by atoms with E-state index in [0.717, 1.165) is 54.6 Å². The molecule has 8 aromatic carbocycles. The summed E-state index contributed by atoms with van der Waals surface area (Å²) in [6.07, 6.45) is -0.603. The van der Waals surface area contributed by atoms with Crippen molar-refractivity contribution in [3.63, 3.8) is 0 Å². The van der Waals surface area contributed by atoms with Crippen LogP contribution in [0.3, 0.4) is 0 Å². The molecule has 44 heavy (non-hydrogen) atoms. The topological polar surface area (TPSA) is 37.3 Å². The minimum atomic E-state index is -0.603. The van der Waals surface area contributed by atoms with Gasteiger partial charge in [0.25, 0.3) is 0 Å². The SMILES string of the molecule is O=C(c1ccc2ccccc2c1)c1ccc2ccccc2c1.OC(c1ccc2ccccc2c1)c1ccc2ccccc2c1. The summed E-state index contributed by atoms with van der Waals surface area (Å²) in [7, 11) is 0. The molecule has 0 radical (unpaired) electrons. The molecule has 0 fully saturated rings. The lowest BCUT2D eigenvalue weighted by Crippen LogP contribution is -2.01. The first kappa shape index (κ1) is 27.3. The molecule has 1 N–H and O–H groups in total. The molecule has 0 saturated carbocycles. The van der Waals surface area contributed by atoms with E-state index >= 15 is 0 Å². The van der Waals surface area contributed by atoms with E-state index in [0.29, 0.717) is 0 Å². The van der Waals surface area contributed by atoms with Crippen molar-refractivity contribution in [2.24, 2.45) is 0 Å². The average molecular weight is 567 g/mol. The molecular weight excluding hydrogens is 536 g/mol. The number of fused-ring (bicyclic) bond motifs is 4. The first-order valence-electron chi connectivity index (χ1n) is 14.8. The monoisotopic (exact) mass is 566 g/mol. The lowest BCUT2D eigenvalue weighted by molar-refractivity contribution is 0.103. The minimum Gasteiger partial charge on any atom is -0.384 e. The Balaban J connectivity index is 0.000000142. The molecular formula is C42H30O2. The van der Waals surface area contributed by atoms with Crippen LogP contribution in [-0.4, -0.2) is 10.9 Å². The second-order valence-corrected chi connectivity index (χ2v) is 11.1. The Labute approximate surface area is 256 Å². The Morgan fingerprint density at radius 1 is 0.364 bits per heavy atom. The predicted octanol–water partition coefficient (Wildman–Crippen LogP) is 10.3. The minimum absolute atomic E-state index is 0.0662. The molecule has 0 heterocycles. The number of hydrogen-bond donors (Lipinski definition) is 1. The van der Waals surface area contributed by atoms with Gasteiger partial charge in [-0.25, -0.2) is 0 Å². The van der Waals surface area contributed by atoms with Gasteiger partial charge in [-0.05, 0) is 78.5 Å². The smallest absolute Gasteiger partial charge is 0.193 e. The van der Waals surface area contributed by atoms with E-state index in [1.165, 1.54) is 10.8 Å². The van der Waals surface area contributed by atoms with Crippen molar-refractivity contribution in [2.45, 2.75) is 6.10 Å².